The average Bonchev–Trinajstić information content (AvgIpc) is 3.04. The van der Waals surface area contributed by atoms with Crippen molar-refractivity contribution < 1.29 is 9.53 Å². The molecule has 0 spiro atoms. The zero-order valence-electron chi connectivity index (χ0n) is 16.6. The normalized spacial score (nSPS) is 26.3. The second kappa shape index (κ2) is 8.61. The van der Waals surface area contributed by atoms with Crippen molar-refractivity contribution in [2.45, 2.75) is 38.1 Å². The fraction of sp³-hybridized carbons (Fsp3) is 0.682. The average molecular weight is 372 g/mol. The molecule has 5 heteroatoms. The summed E-state index contributed by atoms with van der Waals surface area (Å²) in [5.74, 6) is 0.794. The number of piperidine rings is 2. The standard InChI is InChI=1S/C22H33N3O2/c1-27-14-13-24-15-18-5-8-21(24)17-25(16-18)22(26)19-6-9-20(10-7-19)23-11-3-2-4-12-23/h6-7,9-10,18,21H,2-5,8,11-17H2,1H3/t18-,21-/m1/s1. The van der Waals surface area contributed by atoms with Crippen LogP contribution in [0.2, 0.25) is 0 Å². The van der Waals surface area contributed by atoms with Gasteiger partial charge in [0.15, 0.2) is 0 Å². The molecule has 5 rings (SSSR count). The van der Waals surface area contributed by atoms with E-state index in [4.69, 9.17) is 4.74 Å². The Bertz CT molecular complexity index is 627. The van der Waals surface area contributed by atoms with Crippen LogP contribution >= 0.6 is 0 Å². The minimum absolute atomic E-state index is 0.200. The zero-order valence-corrected chi connectivity index (χ0v) is 16.6. The molecular weight excluding hydrogens is 338 g/mol. The van der Waals surface area contributed by atoms with E-state index in [1.54, 1.807) is 7.11 Å². The molecule has 0 radical (unpaired) electrons. The topological polar surface area (TPSA) is 36.0 Å². The van der Waals surface area contributed by atoms with Crippen LogP contribution in [0.15, 0.2) is 24.3 Å². The summed E-state index contributed by atoms with van der Waals surface area (Å²) in [5.41, 5.74) is 2.09. The van der Waals surface area contributed by atoms with Crippen LogP contribution in [0.25, 0.3) is 0 Å². The molecule has 5 nitrogen and oxygen atoms in total. The number of hydrogen-bond donors (Lipinski definition) is 0. The van der Waals surface area contributed by atoms with Gasteiger partial charge in [-0.25, -0.2) is 0 Å². The van der Waals surface area contributed by atoms with Crippen molar-refractivity contribution in [3.63, 3.8) is 0 Å². The summed E-state index contributed by atoms with van der Waals surface area (Å²) in [5, 5.41) is 0. The molecule has 4 aliphatic rings. The Morgan fingerprint density at radius 3 is 2.56 bits per heavy atom. The van der Waals surface area contributed by atoms with Gasteiger partial charge >= 0.3 is 0 Å². The first-order valence-electron chi connectivity index (χ1n) is 10.6. The van der Waals surface area contributed by atoms with Crippen molar-refractivity contribution in [1.82, 2.24) is 9.80 Å². The summed E-state index contributed by atoms with van der Waals surface area (Å²) < 4.78 is 5.27. The number of ether oxygens (including phenoxy) is 1. The Kier molecular flexibility index (Phi) is 5.98. The van der Waals surface area contributed by atoms with Gasteiger partial charge < -0.3 is 14.5 Å². The smallest absolute Gasteiger partial charge is 0.253 e. The van der Waals surface area contributed by atoms with Gasteiger partial charge in [0, 0.05) is 63.7 Å². The summed E-state index contributed by atoms with van der Waals surface area (Å²) in [4.78, 5) is 20.2. The number of benzene rings is 1. The molecule has 1 aromatic rings. The van der Waals surface area contributed by atoms with Crippen molar-refractivity contribution in [2.75, 3.05) is 57.9 Å². The maximum atomic E-state index is 13.1. The fourth-order valence-corrected chi connectivity index (χ4v) is 4.98. The van der Waals surface area contributed by atoms with Gasteiger partial charge in [0.25, 0.3) is 5.91 Å². The number of fused-ring (bicyclic) bond motifs is 4. The van der Waals surface area contributed by atoms with Crippen molar-refractivity contribution >= 4 is 11.6 Å². The molecule has 1 amide bonds. The van der Waals surface area contributed by atoms with E-state index in [-0.39, 0.29) is 5.91 Å². The predicted molar refractivity (Wildman–Crippen MR) is 108 cm³/mol. The van der Waals surface area contributed by atoms with Gasteiger partial charge in [-0.15, -0.1) is 0 Å². The lowest BCUT2D eigenvalue weighted by atomic mass is 9.95. The van der Waals surface area contributed by atoms with Crippen LogP contribution in [0.5, 0.6) is 0 Å². The molecule has 0 aliphatic carbocycles. The second-order valence-corrected chi connectivity index (χ2v) is 8.39. The number of hydrogen-bond acceptors (Lipinski definition) is 4. The van der Waals surface area contributed by atoms with E-state index >= 15 is 0 Å². The lowest BCUT2D eigenvalue weighted by Crippen LogP contribution is -2.45. The molecule has 0 saturated carbocycles. The largest absolute Gasteiger partial charge is 0.383 e. The summed E-state index contributed by atoms with van der Waals surface area (Å²) in [6.07, 6.45) is 6.33. The molecule has 2 bridgehead atoms. The van der Waals surface area contributed by atoms with Crippen LogP contribution in [-0.4, -0.2) is 74.7 Å². The first kappa shape index (κ1) is 18.8. The Morgan fingerprint density at radius 2 is 1.81 bits per heavy atom. The minimum atomic E-state index is 0.200. The highest BCUT2D eigenvalue weighted by molar-refractivity contribution is 5.94. The van der Waals surface area contributed by atoms with Crippen LogP contribution in [-0.2, 0) is 4.74 Å². The van der Waals surface area contributed by atoms with Gasteiger partial charge in [-0.3, -0.25) is 9.69 Å². The highest BCUT2D eigenvalue weighted by Gasteiger charge is 2.36. The number of amides is 1. The van der Waals surface area contributed by atoms with Crippen LogP contribution in [0.4, 0.5) is 5.69 Å². The van der Waals surface area contributed by atoms with Gasteiger partial charge in [-0.05, 0) is 62.3 Å². The van der Waals surface area contributed by atoms with E-state index in [0.717, 1.165) is 51.4 Å². The van der Waals surface area contributed by atoms with E-state index in [1.165, 1.54) is 37.8 Å². The summed E-state index contributed by atoms with van der Waals surface area (Å²) in [7, 11) is 1.76. The van der Waals surface area contributed by atoms with Crippen LogP contribution in [0.1, 0.15) is 42.5 Å². The molecule has 1 aromatic carbocycles. The maximum absolute atomic E-state index is 13.1. The second-order valence-electron chi connectivity index (χ2n) is 8.39. The van der Waals surface area contributed by atoms with Crippen molar-refractivity contribution in [2.24, 2.45) is 5.92 Å². The molecule has 0 aromatic heterocycles. The first-order valence-corrected chi connectivity index (χ1v) is 10.6. The molecular formula is C22H33N3O2. The molecule has 0 N–H and O–H groups in total. The third-order valence-electron chi connectivity index (χ3n) is 6.53. The highest BCUT2D eigenvalue weighted by Crippen LogP contribution is 2.29. The number of carbonyl (C=O) groups excluding carboxylic acids is 1. The summed E-state index contributed by atoms with van der Waals surface area (Å²) in [6.45, 7) is 6.88. The van der Waals surface area contributed by atoms with Crippen molar-refractivity contribution in [3.8, 4) is 0 Å². The lowest BCUT2D eigenvalue weighted by Gasteiger charge is -2.35. The molecule has 148 valence electrons. The van der Waals surface area contributed by atoms with Gasteiger partial charge in [-0.1, -0.05) is 0 Å². The molecule has 27 heavy (non-hydrogen) atoms. The number of methoxy groups -OCH3 is 1. The molecule has 0 unspecified atom stereocenters. The number of carbonyl (C=O) groups is 1. The fourth-order valence-electron chi connectivity index (χ4n) is 4.98. The van der Waals surface area contributed by atoms with Crippen LogP contribution in [0.3, 0.4) is 0 Å². The number of rotatable bonds is 5. The van der Waals surface area contributed by atoms with E-state index in [2.05, 4.69) is 26.8 Å². The Hall–Kier alpha value is -1.59. The van der Waals surface area contributed by atoms with Crippen molar-refractivity contribution in [1.29, 1.82) is 0 Å². The van der Waals surface area contributed by atoms with E-state index in [9.17, 15) is 4.79 Å². The highest BCUT2D eigenvalue weighted by atomic mass is 16.5. The third-order valence-corrected chi connectivity index (χ3v) is 6.53. The number of nitrogens with zero attached hydrogens (tertiary/aromatic N) is 3. The van der Waals surface area contributed by atoms with E-state index in [0.29, 0.717) is 12.0 Å². The van der Waals surface area contributed by atoms with Crippen LogP contribution in [0, 0.1) is 5.92 Å². The molecule has 4 fully saturated rings. The first-order chi connectivity index (χ1) is 13.2. The van der Waals surface area contributed by atoms with Crippen LogP contribution < -0.4 is 4.90 Å². The third kappa shape index (κ3) is 4.30. The van der Waals surface area contributed by atoms with Gasteiger partial charge in [0.2, 0.25) is 0 Å². The van der Waals surface area contributed by atoms with E-state index < -0.39 is 0 Å². The predicted octanol–water partition coefficient (Wildman–Crippen LogP) is 2.86. The Morgan fingerprint density at radius 1 is 1.04 bits per heavy atom. The Balaban J connectivity index is 1.41. The summed E-state index contributed by atoms with van der Waals surface area (Å²) >= 11 is 0. The molecule has 4 heterocycles. The lowest BCUT2D eigenvalue weighted by molar-refractivity contribution is 0.0718. The molecule has 2 atom stereocenters. The maximum Gasteiger partial charge on any atom is 0.253 e. The number of anilines is 1. The SMILES string of the molecule is COCCN1C[C@H]2CC[C@@H]1CN(C(=O)c1ccc(N3CCCCC3)cc1)C2. The molecule has 4 saturated heterocycles. The van der Waals surface area contributed by atoms with Gasteiger partial charge in [-0.2, -0.15) is 0 Å². The van der Waals surface area contributed by atoms with Crippen molar-refractivity contribution in [3.05, 3.63) is 29.8 Å². The quantitative estimate of drug-likeness (QED) is 0.797. The minimum Gasteiger partial charge on any atom is -0.383 e. The summed E-state index contributed by atoms with van der Waals surface area (Å²) in [6, 6.07) is 8.81. The Labute approximate surface area is 163 Å². The molecule has 4 aliphatic heterocycles. The van der Waals surface area contributed by atoms with Gasteiger partial charge in [0.1, 0.15) is 0 Å². The van der Waals surface area contributed by atoms with E-state index in [1.807, 2.05) is 12.1 Å². The van der Waals surface area contributed by atoms with Gasteiger partial charge in [0.05, 0.1) is 6.61 Å². The zero-order chi connectivity index (χ0) is 18.6. The monoisotopic (exact) mass is 371 g/mol.